The molecule has 6 nitrogen and oxygen atoms in total. The molecule has 1 aromatic carbocycles. The Balaban J connectivity index is 1.36. The Morgan fingerprint density at radius 3 is 2.46 bits per heavy atom. The fourth-order valence-electron chi connectivity index (χ4n) is 6.01. The van der Waals surface area contributed by atoms with Crippen molar-refractivity contribution in [3.63, 3.8) is 0 Å². The number of hydrogen-bond acceptors (Lipinski definition) is 7. The lowest BCUT2D eigenvalue weighted by Gasteiger charge is -2.33. The number of hydrogen-bond donors (Lipinski definition) is 0. The number of anilines is 1. The lowest BCUT2D eigenvalue weighted by molar-refractivity contribution is -0.126. The van der Waals surface area contributed by atoms with Crippen LogP contribution in [0.1, 0.15) is 68.0 Å². The maximum absolute atomic E-state index is 14.5. The molecule has 37 heavy (non-hydrogen) atoms. The van der Waals surface area contributed by atoms with Gasteiger partial charge in [0.25, 0.3) is 0 Å². The van der Waals surface area contributed by atoms with Crippen LogP contribution in [0.5, 0.6) is 0 Å². The smallest absolute Gasteiger partial charge is 0.150 e. The number of Topliss-reactive ketones (excluding diaryl/α,β-unsaturated/α-hetero) is 1. The molecule has 1 aromatic heterocycles. The Labute approximate surface area is 222 Å². The topological polar surface area (TPSA) is 91.1 Å². The average molecular weight is 544 g/mol. The second-order valence-corrected chi connectivity index (χ2v) is 14.7. The molecule has 0 unspecified atom stereocenters. The minimum absolute atomic E-state index is 0.0100. The highest BCUT2D eigenvalue weighted by molar-refractivity contribution is 7.91. The van der Waals surface area contributed by atoms with Crippen LogP contribution in [0.2, 0.25) is 0 Å². The lowest BCUT2D eigenvalue weighted by atomic mass is 9.72. The van der Waals surface area contributed by atoms with E-state index in [-0.39, 0.29) is 29.8 Å². The Kier molecular flexibility index (Phi) is 7.18. The van der Waals surface area contributed by atoms with Gasteiger partial charge in [-0.1, -0.05) is 12.1 Å². The van der Waals surface area contributed by atoms with Crippen LogP contribution in [0.4, 0.5) is 10.1 Å². The van der Waals surface area contributed by atoms with Crippen molar-refractivity contribution in [1.29, 1.82) is 5.26 Å². The number of aryl methyl sites for hydroxylation is 1. The fourth-order valence-corrected chi connectivity index (χ4v) is 8.08. The van der Waals surface area contributed by atoms with Crippen molar-refractivity contribution < 1.29 is 17.6 Å². The molecule has 0 spiro atoms. The number of sulfone groups is 1. The van der Waals surface area contributed by atoms with Gasteiger partial charge >= 0.3 is 0 Å². The third-order valence-corrected chi connectivity index (χ3v) is 11.2. The first-order valence-corrected chi connectivity index (χ1v) is 16.0. The predicted octanol–water partition coefficient (Wildman–Crippen LogP) is 5.62. The Morgan fingerprint density at radius 1 is 1.19 bits per heavy atom. The highest BCUT2D eigenvalue weighted by Gasteiger charge is 2.48. The second kappa shape index (κ2) is 10.1. The van der Waals surface area contributed by atoms with Crippen molar-refractivity contribution in [3.05, 3.63) is 35.0 Å². The summed E-state index contributed by atoms with van der Waals surface area (Å²) in [6, 6.07) is 10.6. The van der Waals surface area contributed by atoms with Crippen molar-refractivity contribution >= 4 is 32.6 Å². The SMILES string of the molecule is Cc1nc([C@@H]2CC[C@H](F)C[C@H]2C(=O)CC2(C#N)CC2)c(-c2ccc(N3CCC(S(C)(=O)=O)CC3)cc2)s1. The van der Waals surface area contributed by atoms with E-state index in [0.717, 1.165) is 39.7 Å². The molecule has 1 aliphatic heterocycles. The Bertz CT molecular complexity index is 1300. The van der Waals surface area contributed by atoms with E-state index >= 15 is 0 Å². The van der Waals surface area contributed by atoms with Crippen LogP contribution >= 0.6 is 11.3 Å². The van der Waals surface area contributed by atoms with E-state index in [4.69, 9.17) is 4.98 Å². The van der Waals surface area contributed by atoms with E-state index in [1.807, 2.05) is 6.92 Å². The van der Waals surface area contributed by atoms with Crippen LogP contribution in [0, 0.1) is 29.6 Å². The summed E-state index contributed by atoms with van der Waals surface area (Å²) in [5, 5.41) is 10.1. The van der Waals surface area contributed by atoms with Gasteiger partial charge in [0, 0.05) is 43.3 Å². The summed E-state index contributed by atoms with van der Waals surface area (Å²) in [4.78, 5) is 21.4. The maximum Gasteiger partial charge on any atom is 0.150 e. The number of rotatable bonds is 7. The first-order valence-electron chi connectivity index (χ1n) is 13.2. The van der Waals surface area contributed by atoms with Crippen molar-refractivity contribution in [1.82, 2.24) is 4.98 Å². The van der Waals surface area contributed by atoms with Gasteiger partial charge in [0.2, 0.25) is 0 Å². The van der Waals surface area contributed by atoms with E-state index in [1.165, 1.54) is 6.26 Å². The molecular formula is C28H34FN3O3S2. The van der Waals surface area contributed by atoms with Gasteiger partial charge in [-0.05, 0) is 69.6 Å². The second-order valence-electron chi connectivity index (χ2n) is 11.2. The molecule has 1 saturated heterocycles. The Morgan fingerprint density at radius 2 is 1.86 bits per heavy atom. The minimum Gasteiger partial charge on any atom is -0.371 e. The fraction of sp³-hybridized carbons (Fsp3) is 0.607. The van der Waals surface area contributed by atoms with Crippen LogP contribution in [-0.4, -0.2) is 50.0 Å². The summed E-state index contributed by atoms with van der Waals surface area (Å²) in [6.45, 7) is 3.38. The number of benzene rings is 1. The van der Waals surface area contributed by atoms with E-state index in [9.17, 15) is 22.9 Å². The van der Waals surface area contributed by atoms with Gasteiger partial charge < -0.3 is 4.90 Å². The lowest BCUT2D eigenvalue weighted by Crippen LogP contribution is -2.38. The summed E-state index contributed by atoms with van der Waals surface area (Å²) in [6.07, 6.45) is 4.56. The maximum atomic E-state index is 14.5. The van der Waals surface area contributed by atoms with Gasteiger partial charge in [0.1, 0.15) is 21.8 Å². The van der Waals surface area contributed by atoms with Gasteiger partial charge in [-0.3, -0.25) is 4.79 Å². The number of aromatic nitrogens is 1. The number of nitrogens with zero attached hydrogens (tertiary/aromatic N) is 3. The summed E-state index contributed by atoms with van der Waals surface area (Å²) >= 11 is 1.60. The molecule has 3 atom stereocenters. The summed E-state index contributed by atoms with van der Waals surface area (Å²) in [5.41, 5.74) is 2.45. The van der Waals surface area contributed by atoms with Crippen molar-refractivity contribution in [3.8, 4) is 16.5 Å². The summed E-state index contributed by atoms with van der Waals surface area (Å²) in [7, 11) is -3.01. The molecule has 0 amide bonds. The third-order valence-electron chi connectivity index (χ3n) is 8.46. The van der Waals surface area contributed by atoms with Gasteiger partial charge in [0.05, 0.1) is 32.3 Å². The summed E-state index contributed by atoms with van der Waals surface area (Å²) in [5.74, 6) is -0.565. The molecular weight excluding hydrogens is 509 g/mol. The number of ketones is 1. The number of thiazole rings is 1. The zero-order chi connectivity index (χ0) is 26.4. The molecule has 2 saturated carbocycles. The molecule has 5 rings (SSSR count). The minimum atomic E-state index is -3.01. The van der Waals surface area contributed by atoms with Crippen LogP contribution in [0.15, 0.2) is 24.3 Å². The molecule has 2 aromatic rings. The van der Waals surface area contributed by atoms with Gasteiger partial charge in [-0.2, -0.15) is 5.26 Å². The van der Waals surface area contributed by atoms with E-state index in [0.29, 0.717) is 38.8 Å². The number of carbonyl (C=O) groups excluding carboxylic acids is 1. The molecule has 0 N–H and O–H groups in total. The van der Waals surface area contributed by atoms with E-state index in [1.54, 1.807) is 11.3 Å². The van der Waals surface area contributed by atoms with Crippen LogP contribution in [-0.2, 0) is 14.6 Å². The molecule has 3 aliphatic rings. The Hall–Kier alpha value is -2.31. The first kappa shape index (κ1) is 26.3. The molecule has 0 bridgehead atoms. The predicted molar refractivity (Wildman–Crippen MR) is 144 cm³/mol. The van der Waals surface area contributed by atoms with Crippen LogP contribution in [0.25, 0.3) is 10.4 Å². The quantitative estimate of drug-likeness (QED) is 0.450. The molecule has 2 aliphatic carbocycles. The third kappa shape index (κ3) is 5.61. The number of piperidine rings is 1. The summed E-state index contributed by atoms with van der Waals surface area (Å²) < 4.78 is 38.3. The first-order chi connectivity index (χ1) is 17.6. The highest BCUT2D eigenvalue weighted by Crippen LogP contribution is 2.51. The zero-order valence-corrected chi connectivity index (χ0v) is 23.1. The number of halogens is 1. The molecule has 0 radical (unpaired) electrons. The number of alkyl halides is 1. The average Bonchev–Trinajstić information content (AvgIpc) is 3.55. The molecule has 2 heterocycles. The van der Waals surface area contributed by atoms with Gasteiger partial charge in [-0.15, -0.1) is 11.3 Å². The van der Waals surface area contributed by atoms with E-state index in [2.05, 4.69) is 35.2 Å². The molecule has 9 heteroatoms. The normalized spacial score (nSPS) is 26.0. The largest absolute Gasteiger partial charge is 0.371 e. The zero-order valence-electron chi connectivity index (χ0n) is 21.5. The number of nitriles is 1. The van der Waals surface area contributed by atoms with Crippen LogP contribution in [0.3, 0.4) is 0 Å². The number of carbonyl (C=O) groups is 1. The van der Waals surface area contributed by atoms with Crippen LogP contribution < -0.4 is 4.90 Å². The standard InChI is InChI=1S/C28H34FN3O3S2/c1-18-31-26(23-8-5-20(29)15-24(23)25(33)16-28(17-30)11-12-28)27(36-18)19-3-6-21(7-4-19)32-13-9-22(10-14-32)37(2,34)35/h3-4,6-7,20,22-24H,5,8-16H2,1-2H3/t20-,23+,24+/m0/s1. The molecule has 198 valence electrons. The highest BCUT2D eigenvalue weighted by atomic mass is 32.2. The monoisotopic (exact) mass is 543 g/mol. The molecule has 3 fully saturated rings. The van der Waals surface area contributed by atoms with Gasteiger partial charge in [-0.25, -0.2) is 17.8 Å². The van der Waals surface area contributed by atoms with Crippen molar-refractivity contribution in [2.75, 3.05) is 24.2 Å². The van der Waals surface area contributed by atoms with Gasteiger partial charge in [0.15, 0.2) is 0 Å². The van der Waals surface area contributed by atoms with Crippen molar-refractivity contribution in [2.24, 2.45) is 11.3 Å². The van der Waals surface area contributed by atoms with E-state index < -0.39 is 27.3 Å². The van der Waals surface area contributed by atoms with Crippen molar-refractivity contribution in [2.45, 2.75) is 75.6 Å².